The van der Waals surface area contributed by atoms with Gasteiger partial charge < -0.3 is 10.6 Å². The van der Waals surface area contributed by atoms with Crippen LogP contribution < -0.4 is 10.6 Å². The Morgan fingerprint density at radius 1 is 0.880 bits per heavy atom. The van der Waals surface area contributed by atoms with E-state index < -0.39 is 17.5 Å². The van der Waals surface area contributed by atoms with E-state index in [9.17, 15) is 18.0 Å². The average molecular weight is 343 g/mol. The third-order valence-corrected chi connectivity index (χ3v) is 3.29. The minimum atomic E-state index is -0.877. The molecule has 3 aromatic rings. The van der Waals surface area contributed by atoms with E-state index in [1.54, 1.807) is 18.2 Å². The van der Waals surface area contributed by atoms with E-state index in [4.69, 9.17) is 0 Å². The first kappa shape index (κ1) is 16.5. The van der Waals surface area contributed by atoms with Crippen LogP contribution in [-0.2, 0) is 0 Å². The molecule has 0 saturated heterocycles. The molecule has 0 bridgehead atoms. The molecule has 0 spiro atoms. The van der Waals surface area contributed by atoms with Crippen molar-refractivity contribution in [3.63, 3.8) is 0 Å². The number of halogens is 3. The molecule has 25 heavy (non-hydrogen) atoms. The second kappa shape index (κ2) is 7.04. The summed E-state index contributed by atoms with van der Waals surface area (Å²) in [6, 6.07) is 11.7. The Kier molecular flexibility index (Phi) is 4.65. The van der Waals surface area contributed by atoms with Crippen LogP contribution in [0.2, 0.25) is 0 Å². The highest BCUT2D eigenvalue weighted by Gasteiger charge is 2.11. The van der Waals surface area contributed by atoms with Crippen molar-refractivity contribution in [3.8, 4) is 0 Å². The number of pyridine rings is 1. The minimum Gasteiger partial charge on any atom is -0.354 e. The van der Waals surface area contributed by atoms with Crippen molar-refractivity contribution in [1.29, 1.82) is 0 Å². The zero-order valence-electron chi connectivity index (χ0n) is 12.8. The van der Waals surface area contributed by atoms with Gasteiger partial charge in [0, 0.05) is 11.8 Å². The Hall–Kier alpha value is -3.35. The van der Waals surface area contributed by atoms with Crippen LogP contribution in [0.5, 0.6) is 0 Å². The normalized spacial score (nSPS) is 10.4. The summed E-state index contributed by atoms with van der Waals surface area (Å²) in [4.78, 5) is 16.0. The van der Waals surface area contributed by atoms with Gasteiger partial charge in [-0.15, -0.1) is 0 Å². The summed E-state index contributed by atoms with van der Waals surface area (Å²) >= 11 is 0. The van der Waals surface area contributed by atoms with Crippen molar-refractivity contribution < 1.29 is 18.0 Å². The highest BCUT2D eigenvalue weighted by Crippen LogP contribution is 2.18. The maximum absolute atomic E-state index is 13.5. The predicted molar refractivity (Wildman–Crippen MR) is 88.2 cm³/mol. The molecule has 126 valence electrons. The molecule has 0 saturated carbocycles. The SMILES string of the molecule is O=C(Nc1ccc(F)cc1F)c1ccc(Nc2cccc(F)c2)cn1. The fraction of sp³-hybridized carbons (Fsp3) is 0. The molecule has 2 aromatic carbocycles. The molecule has 0 aliphatic rings. The van der Waals surface area contributed by atoms with Gasteiger partial charge in [0.05, 0.1) is 17.6 Å². The van der Waals surface area contributed by atoms with Gasteiger partial charge >= 0.3 is 0 Å². The third kappa shape index (κ3) is 4.14. The number of hydrogen-bond acceptors (Lipinski definition) is 3. The van der Waals surface area contributed by atoms with Gasteiger partial charge in [0.2, 0.25) is 0 Å². The molecule has 0 aliphatic carbocycles. The molecule has 4 nitrogen and oxygen atoms in total. The maximum atomic E-state index is 13.5. The van der Waals surface area contributed by atoms with Gasteiger partial charge in [-0.2, -0.15) is 0 Å². The number of nitrogens with one attached hydrogen (secondary N) is 2. The van der Waals surface area contributed by atoms with E-state index in [1.807, 2.05) is 0 Å². The average Bonchev–Trinajstić information content (AvgIpc) is 2.58. The predicted octanol–water partition coefficient (Wildman–Crippen LogP) is 4.49. The van der Waals surface area contributed by atoms with Crippen LogP contribution in [-0.4, -0.2) is 10.9 Å². The topological polar surface area (TPSA) is 54.0 Å². The summed E-state index contributed by atoms with van der Waals surface area (Å²) in [5.41, 5.74) is 0.992. The van der Waals surface area contributed by atoms with Crippen LogP contribution in [0, 0.1) is 17.5 Å². The van der Waals surface area contributed by atoms with E-state index >= 15 is 0 Å². The number of carbonyl (C=O) groups is 1. The second-order valence-electron chi connectivity index (χ2n) is 5.15. The van der Waals surface area contributed by atoms with Crippen molar-refractivity contribution in [2.75, 3.05) is 10.6 Å². The Morgan fingerprint density at radius 2 is 1.68 bits per heavy atom. The summed E-state index contributed by atoms with van der Waals surface area (Å²) in [6.07, 6.45) is 1.39. The van der Waals surface area contributed by atoms with Crippen LogP contribution >= 0.6 is 0 Å². The number of nitrogens with zero attached hydrogens (tertiary/aromatic N) is 1. The first-order chi connectivity index (χ1) is 12.0. The molecule has 1 amide bonds. The second-order valence-corrected chi connectivity index (χ2v) is 5.15. The van der Waals surface area contributed by atoms with Crippen molar-refractivity contribution in [1.82, 2.24) is 4.98 Å². The van der Waals surface area contributed by atoms with Gasteiger partial charge in [-0.25, -0.2) is 18.2 Å². The van der Waals surface area contributed by atoms with Crippen molar-refractivity contribution in [2.45, 2.75) is 0 Å². The molecule has 2 N–H and O–H groups in total. The minimum absolute atomic E-state index is 0.0496. The molecule has 0 aliphatic heterocycles. The molecule has 1 aromatic heterocycles. The number of rotatable bonds is 4. The Balaban J connectivity index is 1.70. The first-order valence-corrected chi connectivity index (χ1v) is 7.26. The van der Waals surface area contributed by atoms with Gasteiger partial charge in [0.25, 0.3) is 5.91 Å². The van der Waals surface area contributed by atoms with Gasteiger partial charge in [0.1, 0.15) is 23.1 Å². The van der Waals surface area contributed by atoms with Crippen LogP contribution in [0.15, 0.2) is 60.8 Å². The van der Waals surface area contributed by atoms with Gasteiger partial charge in [0.15, 0.2) is 0 Å². The molecule has 0 atom stereocenters. The number of amides is 1. The monoisotopic (exact) mass is 343 g/mol. The highest BCUT2D eigenvalue weighted by molar-refractivity contribution is 6.03. The highest BCUT2D eigenvalue weighted by atomic mass is 19.1. The lowest BCUT2D eigenvalue weighted by Crippen LogP contribution is -2.14. The quantitative estimate of drug-likeness (QED) is 0.734. The Bertz CT molecular complexity index is 914. The fourth-order valence-electron chi connectivity index (χ4n) is 2.11. The molecule has 7 heteroatoms. The molecule has 0 fully saturated rings. The van der Waals surface area contributed by atoms with Crippen molar-refractivity contribution in [2.24, 2.45) is 0 Å². The molecule has 3 rings (SSSR count). The van der Waals surface area contributed by atoms with E-state index in [0.29, 0.717) is 17.4 Å². The van der Waals surface area contributed by atoms with Gasteiger partial charge in [-0.05, 0) is 42.5 Å². The number of aromatic nitrogens is 1. The number of carbonyl (C=O) groups excluding carboxylic acids is 1. The van der Waals surface area contributed by atoms with Crippen LogP contribution in [0.1, 0.15) is 10.5 Å². The lowest BCUT2D eigenvalue weighted by molar-refractivity contribution is 0.102. The summed E-state index contributed by atoms with van der Waals surface area (Å²) in [5, 5.41) is 5.26. The number of hydrogen-bond donors (Lipinski definition) is 2. The zero-order chi connectivity index (χ0) is 17.8. The summed E-state index contributed by atoms with van der Waals surface area (Å²) in [5.74, 6) is -2.63. The van der Waals surface area contributed by atoms with E-state index in [2.05, 4.69) is 15.6 Å². The first-order valence-electron chi connectivity index (χ1n) is 7.26. The fourth-order valence-corrected chi connectivity index (χ4v) is 2.11. The van der Waals surface area contributed by atoms with Crippen LogP contribution in [0.25, 0.3) is 0 Å². The summed E-state index contributed by atoms with van der Waals surface area (Å²) in [6.45, 7) is 0. The molecule has 0 unspecified atom stereocenters. The standard InChI is InChI=1S/C18H12F3N3O/c19-11-2-1-3-13(8-11)23-14-5-7-17(22-10-14)18(25)24-16-6-4-12(20)9-15(16)21/h1-10,23H,(H,24,25). The largest absolute Gasteiger partial charge is 0.354 e. The van der Waals surface area contributed by atoms with Crippen molar-refractivity contribution in [3.05, 3.63) is 83.9 Å². The van der Waals surface area contributed by atoms with E-state index in [1.165, 1.54) is 24.4 Å². The zero-order valence-corrected chi connectivity index (χ0v) is 12.8. The Labute approximate surface area is 141 Å². The molecular formula is C18H12F3N3O. The molecule has 1 heterocycles. The molecular weight excluding hydrogens is 331 g/mol. The van der Waals surface area contributed by atoms with Gasteiger partial charge in [-0.3, -0.25) is 4.79 Å². The maximum Gasteiger partial charge on any atom is 0.274 e. The number of benzene rings is 2. The lowest BCUT2D eigenvalue weighted by Gasteiger charge is -2.08. The van der Waals surface area contributed by atoms with Crippen molar-refractivity contribution >= 4 is 23.0 Å². The van der Waals surface area contributed by atoms with E-state index in [0.717, 1.165) is 12.1 Å². The Morgan fingerprint density at radius 3 is 2.36 bits per heavy atom. The lowest BCUT2D eigenvalue weighted by atomic mass is 10.2. The smallest absolute Gasteiger partial charge is 0.274 e. The number of anilines is 3. The summed E-state index contributed by atoms with van der Waals surface area (Å²) < 4.78 is 39.6. The molecule has 0 radical (unpaired) electrons. The van der Waals surface area contributed by atoms with Gasteiger partial charge in [-0.1, -0.05) is 6.07 Å². The van der Waals surface area contributed by atoms with Crippen LogP contribution in [0.4, 0.5) is 30.2 Å². The van der Waals surface area contributed by atoms with Crippen LogP contribution in [0.3, 0.4) is 0 Å². The summed E-state index contributed by atoms with van der Waals surface area (Å²) in [7, 11) is 0. The third-order valence-electron chi connectivity index (χ3n) is 3.29. The van der Waals surface area contributed by atoms with E-state index in [-0.39, 0.29) is 17.2 Å².